The lowest BCUT2D eigenvalue weighted by Crippen LogP contribution is -2.20. The minimum absolute atomic E-state index is 0.239. The Hall–Kier alpha value is -1.73. The van der Waals surface area contributed by atoms with Crippen molar-refractivity contribution in [1.82, 2.24) is 4.98 Å². The van der Waals surface area contributed by atoms with Crippen LogP contribution in [0.25, 0.3) is 10.2 Å². The van der Waals surface area contributed by atoms with Crippen LogP contribution in [-0.2, 0) is 4.79 Å². The highest BCUT2D eigenvalue weighted by atomic mass is 35.5. The molecule has 0 spiro atoms. The molecule has 0 aliphatic carbocycles. The summed E-state index contributed by atoms with van der Waals surface area (Å²) in [5.41, 5.74) is 0.773. The number of halogens is 3. The third kappa shape index (κ3) is 4.27. The summed E-state index contributed by atoms with van der Waals surface area (Å²) in [7, 11) is 1.59. The number of aromatic nitrogens is 1. The van der Waals surface area contributed by atoms with Gasteiger partial charge in [-0.1, -0.05) is 46.1 Å². The van der Waals surface area contributed by atoms with E-state index >= 15 is 0 Å². The number of hydrogen-bond acceptors (Lipinski definition) is 5. The Bertz CT molecular complexity index is 946. The van der Waals surface area contributed by atoms with Crippen LogP contribution >= 0.6 is 46.1 Å². The van der Waals surface area contributed by atoms with Gasteiger partial charge in [-0.05, 0) is 24.3 Å². The topological polar surface area (TPSA) is 60.5 Å². The van der Waals surface area contributed by atoms with Crippen molar-refractivity contribution < 1.29 is 14.3 Å². The van der Waals surface area contributed by atoms with Crippen LogP contribution in [0.5, 0.6) is 11.5 Å². The normalized spacial score (nSPS) is 10.7. The van der Waals surface area contributed by atoms with Gasteiger partial charge >= 0.3 is 0 Å². The number of anilines is 1. The number of hydrogen-bond donors (Lipinski definition) is 1. The van der Waals surface area contributed by atoms with Gasteiger partial charge in [0, 0.05) is 6.07 Å². The SMILES string of the molecule is COc1ccc2nc(NC(=O)COc3cc(Cl)c(Cl)cc3Cl)sc2c1. The van der Waals surface area contributed by atoms with Gasteiger partial charge in [-0.25, -0.2) is 4.98 Å². The van der Waals surface area contributed by atoms with Crippen LogP contribution in [0.4, 0.5) is 5.13 Å². The van der Waals surface area contributed by atoms with Crippen LogP contribution in [0.3, 0.4) is 0 Å². The summed E-state index contributed by atoms with van der Waals surface area (Å²) in [6.45, 7) is -0.239. The summed E-state index contributed by atoms with van der Waals surface area (Å²) in [6, 6.07) is 8.41. The highest BCUT2D eigenvalue weighted by molar-refractivity contribution is 7.22. The van der Waals surface area contributed by atoms with Gasteiger partial charge in [0.05, 0.1) is 32.4 Å². The summed E-state index contributed by atoms with van der Waals surface area (Å²) in [5, 5.41) is 4.03. The molecule has 0 unspecified atom stereocenters. The average molecular weight is 418 g/mol. The lowest BCUT2D eigenvalue weighted by molar-refractivity contribution is -0.118. The van der Waals surface area contributed by atoms with E-state index in [0.717, 1.165) is 16.0 Å². The number of carbonyl (C=O) groups excluding carboxylic acids is 1. The number of methoxy groups -OCH3 is 1. The Labute approximate surface area is 162 Å². The number of nitrogens with zero attached hydrogens (tertiary/aromatic N) is 1. The highest BCUT2D eigenvalue weighted by Crippen LogP contribution is 2.34. The van der Waals surface area contributed by atoms with Crippen LogP contribution in [0.15, 0.2) is 30.3 Å². The molecule has 2 aromatic carbocycles. The molecule has 0 atom stereocenters. The first kappa shape index (κ1) is 18.1. The summed E-state index contributed by atoms with van der Waals surface area (Å²) < 4.78 is 11.5. The number of nitrogens with one attached hydrogen (secondary N) is 1. The standard InChI is InChI=1S/C16H11Cl3N2O3S/c1-23-8-2-3-12-14(4-8)25-16(20-12)21-15(22)7-24-13-6-10(18)9(17)5-11(13)19/h2-6H,7H2,1H3,(H,20,21,22). The monoisotopic (exact) mass is 416 g/mol. The molecule has 0 bridgehead atoms. The van der Waals surface area contributed by atoms with E-state index in [1.165, 1.54) is 23.5 Å². The second-order valence-corrected chi connectivity index (χ2v) is 7.14. The molecule has 3 aromatic rings. The van der Waals surface area contributed by atoms with Gasteiger partial charge in [0.2, 0.25) is 0 Å². The Morgan fingerprint density at radius 2 is 1.92 bits per heavy atom. The van der Waals surface area contributed by atoms with Gasteiger partial charge in [-0.2, -0.15) is 0 Å². The Morgan fingerprint density at radius 1 is 1.16 bits per heavy atom. The number of benzene rings is 2. The van der Waals surface area contributed by atoms with Crippen molar-refractivity contribution in [3.05, 3.63) is 45.4 Å². The van der Waals surface area contributed by atoms with Crippen molar-refractivity contribution in [2.24, 2.45) is 0 Å². The largest absolute Gasteiger partial charge is 0.497 e. The van der Waals surface area contributed by atoms with Crippen LogP contribution in [0, 0.1) is 0 Å². The summed E-state index contributed by atoms with van der Waals surface area (Å²) in [5.74, 6) is 0.639. The number of thiazole rings is 1. The number of fused-ring (bicyclic) bond motifs is 1. The first-order valence-electron chi connectivity index (χ1n) is 6.98. The predicted molar refractivity (Wildman–Crippen MR) is 102 cm³/mol. The van der Waals surface area contributed by atoms with Crippen molar-refractivity contribution in [3.63, 3.8) is 0 Å². The van der Waals surface area contributed by atoms with Gasteiger partial charge < -0.3 is 9.47 Å². The highest BCUT2D eigenvalue weighted by Gasteiger charge is 2.12. The minimum Gasteiger partial charge on any atom is -0.497 e. The van der Waals surface area contributed by atoms with E-state index in [2.05, 4.69) is 10.3 Å². The number of ether oxygens (including phenoxy) is 2. The Kier molecular flexibility index (Phi) is 5.54. The molecule has 0 saturated heterocycles. The van der Waals surface area contributed by atoms with E-state index in [0.29, 0.717) is 15.2 Å². The number of carbonyl (C=O) groups is 1. The molecule has 0 aliphatic rings. The smallest absolute Gasteiger partial charge is 0.264 e. The van der Waals surface area contributed by atoms with Gasteiger partial charge in [-0.15, -0.1) is 0 Å². The van der Waals surface area contributed by atoms with E-state index in [9.17, 15) is 4.79 Å². The van der Waals surface area contributed by atoms with Crippen molar-refractivity contribution in [2.75, 3.05) is 19.0 Å². The predicted octanol–water partition coefficient (Wildman–Crippen LogP) is 5.28. The Morgan fingerprint density at radius 3 is 2.68 bits per heavy atom. The zero-order chi connectivity index (χ0) is 18.0. The summed E-state index contributed by atoms with van der Waals surface area (Å²) in [6.07, 6.45) is 0. The van der Waals surface area contributed by atoms with Gasteiger partial charge in [0.1, 0.15) is 11.5 Å². The lowest BCUT2D eigenvalue weighted by atomic mass is 10.3. The molecule has 0 aliphatic heterocycles. The van der Waals surface area contributed by atoms with Crippen molar-refractivity contribution in [3.8, 4) is 11.5 Å². The number of rotatable bonds is 5. The maximum absolute atomic E-state index is 12.1. The van der Waals surface area contributed by atoms with Crippen molar-refractivity contribution in [1.29, 1.82) is 0 Å². The second kappa shape index (κ2) is 7.66. The maximum Gasteiger partial charge on any atom is 0.264 e. The zero-order valence-corrected chi connectivity index (χ0v) is 15.9. The average Bonchev–Trinajstić information content (AvgIpc) is 2.97. The van der Waals surface area contributed by atoms with E-state index in [-0.39, 0.29) is 23.3 Å². The van der Waals surface area contributed by atoms with E-state index < -0.39 is 0 Å². The fourth-order valence-electron chi connectivity index (χ4n) is 2.00. The maximum atomic E-state index is 12.1. The Balaban J connectivity index is 1.65. The van der Waals surface area contributed by atoms with E-state index in [1.807, 2.05) is 18.2 Å². The number of amides is 1. The third-order valence-corrected chi connectivity index (χ3v) is 5.13. The second-order valence-electron chi connectivity index (χ2n) is 4.89. The van der Waals surface area contributed by atoms with Gasteiger partial charge in [-0.3, -0.25) is 10.1 Å². The summed E-state index contributed by atoms with van der Waals surface area (Å²) >= 11 is 19.1. The fraction of sp³-hybridized carbons (Fsp3) is 0.125. The molecule has 25 heavy (non-hydrogen) atoms. The molecule has 5 nitrogen and oxygen atoms in total. The summed E-state index contributed by atoms with van der Waals surface area (Å²) in [4.78, 5) is 16.4. The molecule has 0 radical (unpaired) electrons. The first-order valence-corrected chi connectivity index (χ1v) is 8.93. The molecule has 1 aromatic heterocycles. The lowest BCUT2D eigenvalue weighted by Gasteiger charge is -2.08. The van der Waals surface area contributed by atoms with Crippen LogP contribution in [0.1, 0.15) is 0 Å². The molecule has 0 fully saturated rings. The van der Waals surface area contributed by atoms with Gasteiger partial charge in [0.15, 0.2) is 11.7 Å². The first-order chi connectivity index (χ1) is 12.0. The molecule has 9 heteroatoms. The van der Waals surface area contributed by atoms with Crippen LogP contribution < -0.4 is 14.8 Å². The zero-order valence-electron chi connectivity index (χ0n) is 12.8. The molecule has 1 amide bonds. The van der Waals surface area contributed by atoms with Crippen LogP contribution in [0.2, 0.25) is 15.1 Å². The molecule has 1 N–H and O–H groups in total. The molecule has 3 rings (SSSR count). The van der Waals surface area contributed by atoms with Crippen LogP contribution in [-0.4, -0.2) is 24.6 Å². The molecule has 1 heterocycles. The van der Waals surface area contributed by atoms with Crippen molar-refractivity contribution >= 4 is 67.4 Å². The molecule has 0 saturated carbocycles. The minimum atomic E-state index is -0.367. The molecular formula is C16H11Cl3N2O3S. The van der Waals surface area contributed by atoms with E-state index in [4.69, 9.17) is 44.3 Å². The van der Waals surface area contributed by atoms with E-state index in [1.54, 1.807) is 7.11 Å². The quantitative estimate of drug-likeness (QED) is 0.574. The molecular weight excluding hydrogens is 407 g/mol. The van der Waals surface area contributed by atoms with Crippen molar-refractivity contribution in [2.45, 2.75) is 0 Å². The van der Waals surface area contributed by atoms with Gasteiger partial charge in [0.25, 0.3) is 5.91 Å². The fourth-order valence-corrected chi connectivity index (χ4v) is 3.50. The third-order valence-electron chi connectivity index (χ3n) is 3.18. The molecule has 130 valence electrons.